The summed E-state index contributed by atoms with van der Waals surface area (Å²) >= 11 is 0. The van der Waals surface area contributed by atoms with Crippen LogP contribution in [-0.4, -0.2) is 32.7 Å². The van der Waals surface area contributed by atoms with Gasteiger partial charge < -0.3 is 15.8 Å². The van der Waals surface area contributed by atoms with Crippen LogP contribution in [0.2, 0.25) is 0 Å². The average molecular weight is 146 g/mol. The van der Waals surface area contributed by atoms with Crippen molar-refractivity contribution in [1.29, 1.82) is 0 Å². The van der Waals surface area contributed by atoms with Crippen LogP contribution in [0.1, 0.15) is 6.42 Å². The zero-order valence-corrected chi connectivity index (χ0v) is 6.39. The molecular weight excluding hydrogens is 132 g/mol. The van der Waals surface area contributed by atoms with Crippen molar-refractivity contribution in [1.82, 2.24) is 5.32 Å². The Labute approximate surface area is 60.7 Å². The first kappa shape index (κ1) is 9.39. The van der Waals surface area contributed by atoms with Crippen LogP contribution >= 0.6 is 0 Å². The molecule has 0 rings (SSSR count). The smallest absolute Gasteiger partial charge is 0.307 e. The molecule has 0 aliphatic rings. The SMILES string of the molecule is CNC(CN)CC(=O)OC. The van der Waals surface area contributed by atoms with E-state index in [1.54, 1.807) is 7.05 Å². The molecule has 0 fully saturated rings. The van der Waals surface area contributed by atoms with Gasteiger partial charge in [-0.05, 0) is 7.05 Å². The molecule has 4 nitrogen and oxygen atoms in total. The van der Waals surface area contributed by atoms with Crippen LogP contribution in [0.5, 0.6) is 0 Å². The normalized spacial score (nSPS) is 12.7. The molecule has 0 amide bonds. The maximum atomic E-state index is 10.6. The lowest BCUT2D eigenvalue weighted by Gasteiger charge is -2.10. The van der Waals surface area contributed by atoms with Crippen molar-refractivity contribution in [2.75, 3.05) is 20.7 Å². The number of esters is 1. The maximum absolute atomic E-state index is 10.6. The fourth-order valence-corrected chi connectivity index (χ4v) is 0.588. The molecule has 0 heterocycles. The zero-order chi connectivity index (χ0) is 7.98. The molecule has 3 N–H and O–H groups in total. The number of nitrogens with two attached hydrogens (primary N) is 1. The summed E-state index contributed by atoms with van der Waals surface area (Å²) in [6.07, 6.45) is 0.337. The minimum Gasteiger partial charge on any atom is -0.469 e. The molecule has 0 aliphatic carbocycles. The molecule has 0 aliphatic heterocycles. The number of nitrogens with one attached hydrogen (secondary N) is 1. The van der Waals surface area contributed by atoms with Crippen molar-refractivity contribution in [3.8, 4) is 0 Å². The van der Waals surface area contributed by atoms with Crippen LogP contribution in [-0.2, 0) is 9.53 Å². The van der Waals surface area contributed by atoms with Gasteiger partial charge in [0, 0.05) is 12.6 Å². The fourth-order valence-electron chi connectivity index (χ4n) is 0.588. The Hall–Kier alpha value is -0.610. The van der Waals surface area contributed by atoms with Crippen LogP contribution in [0.25, 0.3) is 0 Å². The molecule has 60 valence electrons. The van der Waals surface area contributed by atoms with E-state index < -0.39 is 0 Å². The Balaban J connectivity index is 3.52. The molecule has 10 heavy (non-hydrogen) atoms. The number of rotatable bonds is 4. The van der Waals surface area contributed by atoms with E-state index >= 15 is 0 Å². The van der Waals surface area contributed by atoms with Gasteiger partial charge in [-0.1, -0.05) is 0 Å². The van der Waals surface area contributed by atoms with E-state index in [9.17, 15) is 4.79 Å². The molecule has 0 bridgehead atoms. The Morgan fingerprint density at radius 2 is 2.40 bits per heavy atom. The molecule has 0 saturated carbocycles. The lowest BCUT2D eigenvalue weighted by atomic mass is 10.2. The minimum atomic E-state index is -0.232. The van der Waals surface area contributed by atoms with Crippen molar-refractivity contribution >= 4 is 5.97 Å². The Morgan fingerprint density at radius 1 is 1.80 bits per heavy atom. The van der Waals surface area contributed by atoms with Gasteiger partial charge >= 0.3 is 5.97 Å². The Bertz CT molecular complexity index is 102. The van der Waals surface area contributed by atoms with Gasteiger partial charge in [0.1, 0.15) is 0 Å². The third-order valence-corrected chi connectivity index (χ3v) is 1.33. The summed E-state index contributed by atoms with van der Waals surface area (Å²) in [4.78, 5) is 10.6. The second-order valence-corrected chi connectivity index (χ2v) is 2.00. The van der Waals surface area contributed by atoms with Gasteiger partial charge in [-0.3, -0.25) is 4.79 Å². The van der Waals surface area contributed by atoms with Gasteiger partial charge in [0.15, 0.2) is 0 Å². The number of carbonyl (C=O) groups excluding carboxylic acids is 1. The van der Waals surface area contributed by atoms with Gasteiger partial charge in [0.05, 0.1) is 13.5 Å². The molecule has 0 radical (unpaired) electrons. The highest BCUT2D eigenvalue weighted by Gasteiger charge is 2.08. The van der Waals surface area contributed by atoms with E-state index in [0.29, 0.717) is 13.0 Å². The summed E-state index contributed by atoms with van der Waals surface area (Å²) in [5.41, 5.74) is 5.32. The van der Waals surface area contributed by atoms with Crippen molar-refractivity contribution in [3.05, 3.63) is 0 Å². The fraction of sp³-hybridized carbons (Fsp3) is 0.833. The number of carbonyl (C=O) groups is 1. The number of likely N-dealkylation sites (N-methyl/N-ethyl adjacent to an activating group) is 1. The second-order valence-electron chi connectivity index (χ2n) is 2.00. The first-order valence-corrected chi connectivity index (χ1v) is 3.18. The maximum Gasteiger partial charge on any atom is 0.307 e. The van der Waals surface area contributed by atoms with E-state index in [1.807, 2.05) is 0 Å². The first-order valence-electron chi connectivity index (χ1n) is 3.18. The van der Waals surface area contributed by atoms with Crippen LogP contribution in [0.3, 0.4) is 0 Å². The van der Waals surface area contributed by atoms with Gasteiger partial charge in [0.2, 0.25) is 0 Å². The van der Waals surface area contributed by atoms with Crippen LogP contribution in [0, 0.1) is 0 Å². The molecule has 1 atom stereocenters. The molecule has 1 unspecified atom stereocenters. The second kappa shape index (κ2) is 5.20. The van der Waals surface area contributed by atoms with Crippen LogP contribution < -0.4 is 11.1 Å². The number of hydrogen-bond donors (Lipinski definition) is 2. The van der Waals surface area contributed by atoms with Crippen molar-refractivity contribution in [2.24, 2.45) is 5.73 Å². The third-order valence-electron chi connectivity index (χ3n) is 1.33. The van der Waals surface area contributed by atoms with Crippen molar-refractivity contribution in [3.63, 3.8) is 0 Å². The van der Waals surface area contributed by atoms with Gasteiger partial charge in [-0.15, -0.1) is 0 Å². The third kappa shape index (κ3) is 3.42. The van der Waals surface area contributed by atoms with Crippen molar-refractivity contribution in [2.45, 2.75) is 12.5 Å². The molecule has 0 aromatic rings. The quantitative estimate of drug-likeness (QED) is 0.504. The number of ether oxygens (including phenoxy) is 1. The Morgan fingerprint density at radius 3 is 2.70 bits per heavy atom. The van der Waals surface area contributed by atoms with Gasteiger partial charge in [-0.2, -0.15) is 0 Å². The summed E-state index contributed by atoms with van der Waals surface area (Å²) < 4.78 is 4.45. The van der Waals surface area contributed by atoms with E-state index in [-0.39, 0.29) is 12.0 Å². The molecular formula is C6H14N2O2. The average Bonchev–Trinajstić information content (AvgIpc) is 1.99. The predicted octanol–water partition coefficient (Wildman–Crippen LogP) is -0.904. The lowest BCUT2D eigenvalue weighted by molar-refractivity contribution is -0.141. The monoisotopic (exact) mass is 146 g/mol. The highest BCUT2D eigenvalue weighted by Crippen LogP contribution is 1.90. The number of methoxy groups -OCH3 is 1. The van der Waals surface area contributed by atoms with E-state index in [2.05, 4.69) is 10.1 Å². The summed E-state index contributed by atoms with van der Waals surface area (Å²) in [6.45, 7) is 0.450. The predicted molar refractivity (Wildman–Crippen MR) is 38.5 cm³/mol. The lowest BCUT2D eigenvalue weighted by Crippen LogP contribution is -2.35. The highest BCUT2D eigenvalue weighted by molar-refractivity contribution is 5.69. The highest BCUT2D eigenvalue weighted by atomic mass is 16.5. The summed E-state index contributed by atoms with van der Waals surface area (Å²) in [5.74, 6) is -0.232. The van der Waals surface area contributed by atoms with Crippen molar-refractivity contribution < 1.29 is 9.53 Å². The largest absolute Gasteiger partial charge is 0.469 e. The molecule has 4 heteroatoms. The number of hydrogen-bond acceptors (Lipinski definition) is 4. The van der Waals surface area contributed by atoms with Crippen LogP contribution in [0.4, 0.5) is 0 Å². The van der Waals surface area contributed by atoms with E-state index in [1.165, 1.54) is 7.11 Å². The summed E-state index contributed by atoms with van der Waals surface area (Å²) in [5, 5.41) is 2.89. The van der Waals surface area contributed by atoms with Crippen LogP contribution in [0.15, 0.2) is 0 Å². The topological polar surface area (TPSA) is 64.3 Å². The Kier molecular flexibility index (Phi) is 4.88. The molecule has 0 aromatic heterocycles. The van der Waals surface area contributed by atoms with Gasteiger partial charge in [-0.25, -0.2) is 0 Å². The zero-order valence-electron chi connectivity index (χ0n) is 6.39. The van der Waals surface area contributed by atoms with E-state index in [4.69, 9.17) is 5.73 Å². The standard InChI is InChI=1S/C6H14N2O2/c1-8-5(4-7)3-6(9)10-2/h5,8H,3-4,7H2,1-2H3. The first-order chi connectivity index (χ1) is 4.74. The minimum absolute atomic E-state index is 0.0347. The summed E-state index contributed by atoms with van der Waals surface area (Å²) in [6, 6.07) is 0.0347. The molecule has 0 aromatic carbocycles. The summed E-state index contributed by atoms with van der Waals surface area (Å²) in [7, 11) is 3.13. The van der Waals surface area contributed by atoms with E-state index in [0.717, 1.165) is 0 Å². The van der Waals surface area contributed by atoms with Gasteiger partial charge in [0.25, 0.3) is 0 Å². The molecule has 0 spiro atoms. The molecule has 0 saturated heterocycles.